The van der Waals surface area contributed by atoms with E-state index in [1.807, 2.05) is 9.44 Å². The smallest absolute Gasteiger partial charge is 0.336 e. The number of anilines is 4. The summed E-state index contributed by atoms with van der Waals surface area (Å²) in [7, 11) is 4.96. The van der Waals surface area contributed by atoms with Gasteiger partial charge in [-0.3, -0.25) is 38.2 Å². The first-order chi connectivity index (χ1) is 44.7. The zero-order valence-corrected chi connectivity index (χ0v) is 53.9. The van der Waals surface area contributed by atoms with Crippen LogP contribution in [0.25, 0.3) is 11.5 Å². The van der Waals surface area contributed by atoms with Crippen molar-refractivity contribution in [1.29, 1.82) is 0 Å². The Bertz CT molecular complexity index is 4560. The molecule has 0 bridgehead atoms. The van der Waals surface area contributed by atoms with E-state index in [1.165, 1.54) is 115 Å². The van der Waals surface area contributed by atoms with E-state index in [1.54, 1.807) is 41.5 Å². The molecular formula is C63H59B2F4N11O14S2. The van der Waals surface area contributed by atoms with Gasteiger partial charge in [-0.2, -0.15) is 0 Å². The molecule has 0 saturated heterocycles. The number of sulfonamides is 2. The first-order valence-electron chi connectivity index (χ1n) is 28.4. The Kier molecular flexibility index (Phi) is 22.1. The zero-order chi connectivity index (χ0) is 71.1. The van der Waals surface area contributed by atoms with Crippen LogP contribution in [0.3, 0.4) is 0 Å². The molecule has 3 aromatic heterocycles. The number of benzene rings is 5. The lowest BCUT2D eigenvalue weighted by Crippen LogP contribution is -2.43. The van der Waals surface area contributed by atoms with Crippen molar-refractivity contribution in [2.45, 2.75) is 76.3 Å². The molecule has 0 aliphatic rings. The summed E-state index contributed by atoms with van der Waals surface area (Å²) in [4.78, 5) is 127. The second-order valence-electron chi connectivity index (χ2n) is 23.5. The van der Waals surface area contributed by atoms with Gasteiger partial charge < -0.3 is 40.0 Å². The highest BCUT2D eigenvalue weighted by Gasteiger charge is 2.28. The molecule has 4 radical (unpaired) electrons. The minimum atomic E-state index is -4.43. The average molecular weight is 1360 g/mol. The standard InChI is InChI=1S/C32H30BF2N5O7S.C31H29BF2N6O7S/c1-32(2,3)30(44)36-19-7-11-21(12-8-19)48(46,47)38-25-17-23(34)22(16-24(25)35)29(43)37-26(28(33)42)15-18-5-9-20(10-6-18)40-27(41)13-14-39(4)31(40)45;1-31(2,3)29(44)36-18-6-8-19(9-7-18)48(46,47)38-23-15-21(33)20(14-22(23)34)28(43)37-24(27(32)42)13-17-5-10-25(35-16-17)40-26(41)11-12-39(4)30(40)45/h5-14,16-17,26,38H,15H2,1-4H3,(H,36,44)(H,37,43);5-12,14-16,24,38H,13H2,1-4H3,(H,36,44)(H,37,43)/t26-;24-/m00/s1. The number of nitrogens with one attached hydrogen (secondary N) is 6. The molecule has 4 amide bonds. The summed E-state index contributed by atoms with van der Waals surface area (Å²) in [5.41, 5.74) is -7.36. The molecule has 0 unspecified atom stereocenters. The van der Waals surface area contributed by atoms with E-state index in [4.69, 9.17) is 15.7 Å². The number of hydrogen-bond acceptors (Lipinski definition) is 15. The van der Waals surface area contributed by atoms with Gasteiger partial charge in [0.05, 0.1) is 61.4 Å². The topological polar surface area (TPSA) is 344 Å². The monoisotopic (exact) mass is 1360 g/mol. The molecular weight excluding hydrogens is 1300 g/mol. The predicted molar refractivity (Wildman–Crippen MR) is 347 cm³/mol. The van der Waals surface area contributed by atoms with E-state index in [0.717, 1.165) is 33.4 Å². The van der Waals surface area contributed by atoms with Gasteiger partial charge in [0.25, 0.3) is 43.0 Å². The fourth-order valence-electron chi connectivity index (χ4n) is 8.50. The molecule has 0 aliphatic carbocycles. The van der Waals surface area contributed by atoms with Gasteiger partial charge in [-0.25, -0.2) is 58.1 Å². The van der Waals surface area contributed by atoms with Crippen molar-refractivity contribution in [3.63, 3.8) is 0 Å². The molecule has 0 spiro atoms. The highest BCUT2D eigenvalue weighted by atomic mass is 32.2. The second-order valence-corrected chi connectivity index (χ2v) is 26.9. The van der Waals surface area contributed by atoms with E-state index in [2.05, 4.69) is 26.3 Å². The van der Waals surface area contributed by atoms with Gasteiger partial charge >= 0.3 is 11.4 Å². The minimum absolute atomic E-state index is 0.000481. The van der Waals surface area contributed by atoms with E-state index in [9.17, 15) is 73.6 Å². The molecule has 2 atom stereocenters. The molecule has 0 saturated carbocycles. The van der Waals surface area contributed by atoms with Crippen molar-refractivity contribution in [3.8, 4) is 11.5 Å². The maximum Gasteiger partial charge on any atom is 0.336 e. The van der Waals surface area contributed by atoms with Gasteiger partial charge in [0, 0.05) is 85.6 Å². The Morgan fingerprint density at radius 1 is 0.500 bits per heavy atom. The van der Waals surface area contributed by atoms with E-state index in [0.29, 0.717) is 46.8 Å². The minimum Gasteiger partial charge on any atom is -0.343 e. The fraction of sp³-hybridized carbons (Fsp3) is 0.222. The van der Waals surface area contributed by atoms with Gasteiger partial charge in [-0.1, -0.05) is 59.7 Å². The van der Waals surface area contributed by atoms with Crippen molar-refractivity contribution in [3.05, 3.63) is 227 Å². The lowest BCUT2D eigenvalue weighted by molar-refractivity contribution is -0.123. The Labute approximate surface area is 547 Å². The second kappa shape index (κ2) is 29.2. The number of halogens is 4. The maximum absolute atomic E-state index is 15.0. The zero-order valence-electron chi connectivity index (χ0n) is 52.3. The SMILES string of the molecule is [B]C(=O)[C@H](Cc1ccc(-n2c(=O)ccn(C)c2=O)cc1)NC(=O)c1cc(F)c(NS(=O)(=O)c2ccc(NC(=O)C(C)(C)C)cc2)cc1F.[B]C(=O)[C@H](Cc1ccc(-n2c(=O)ccn(C)c2=O)nc1)NC(=O)c1cc(F)c(NS(=O)(=O)c2ccc(NC(=O)C(C)(C)C)cc2)cc1F. The van der Waals surface area contributed by atoms with E-state index < -0.39 is 134 Å². The molecule has 8 aromatic rings. The van der Waals surface area contributed by atoms with Crippen LogP contribution in [0.5, 0.6) is 0 Å². The van der Waals surface area contributed by atoms with Gasteiger partial charge in [0.2, 0.25) is 11.8 Å². The van der Waals surface area contributed by atoms with Crippen LogP contribution in [-0.4, -0.2) is 103 Å². The van der Waals surface area contributed by atoms with Crippen molar-refractivity contribution < 1.29 is 63.2 Å². The van der Waals surface area contributed by atoms with Crippen LogP contribution in [0.2, 0.25) is 0 Å². The normalized spacial score (nSPS) is 12.2. The molecule has 0 fully saturated rings. The summed E-state index contributed by atoms with van der Waals surface area (Å²) in [5.74, 6) is -8.21. The summed E-state index contributed by atoms with van der Waals surface area (Å²) in [6, 6.07) is 20.1. The third kappa shape index (κ3) is 17.9. The number of carbonyl (C=O) groups is 6. The van der Waals surface area contributed by atoms with Crippen LogP contribution in [0, 0.1) is 34.1 Å². The van der Waals surface area contributed by atoms with Crippen LogP contribution >= 0.6 is 0 Å². The number of aryl methyl sites for hydroxylation is 2. The van der Waals surface area contributed by atoms with Gasteiger partial charge in [-0.05, 0) is 96.4 Å². The molecule has 5 aromatic carbocycles. The maximum atomic E-state index is 15.0. The summed E-state index contributed by atoms with van der Waals surface area (Å²) >= 11 is 0. The number of amides is 4. The summed E-state index contributed by atoms with van der Waals surface area (Å²) < 4.78 is 120. The molecule has 33 heteroatoms. The quantitative estimate of drug-likeness (QED) is 0.0446. The molecule has 8 rings (SSSR count). The summed E-state index contributed by atoms with van der Waals surface area (Å²) in [6.07, 6.45) is 3.45. The molecule has 496 valence electrons. The van der Waals surface area contributed by atoms with Crippen molar-refractivity contribution in [2.24, 2.45) is 24.9 Å². The van der Waals surface area contributed by atoms with Crippen LogP contribution < -0.4 is 53.2 Å². The molecule has 96 heavy (non-hydrogen) atoms. The molecule has 25 nitrogen and oxygen atoms in total. The number of carbonyl (C=O) groups excluding carboxylic acids is 6. The average Bonchev–Trinajstić information content (AvgIpc) is 0.823. The Hall–Kier alpha value is -10.8. The van der Waals surface area contributed by atoms with Crippen LogP contribution in [0.1, 0.15) is 73.4 Å². The number of aromatic nitrogens is 5. The third-order valence-corrected chi connectivity index (χ3v) is 16.8. The fourth-order valence-corrected chi connectivity index (χ4v) is 10.6. The predicted octanol–water partition coefficient (Wildman–Crippen LogP) is 4.67. The largest absolute Gasteiger partial charge is 0.343 e. The van der Waals surface area contributed by atoms with Crippen LogP contribution in [-0.2, 0) is 66.2 Å². The number of hydrogen-bond donors (Lipinski definition) is 6. The van der Waals surface area contributed by atoms with Crippen molar-refractivity contribution in [1.82, 2.24) is 33.9 Å². The van der Waals surface area contributed by atoms with Gasteiger partial charge in [0.15, 0.2) is 15.7 Å². The first-order valence-corrected chi connectivity index (χ1v) is 31.4. The van der Waals surface area contributed by atoms with E-state index >= 15 is 8.78 Å². The number of rotatable bonds is 20. The van der Waals surface area contributed by atoms with Crippen molar-refractivity contribution >= 4 is 93.5 Å². The lowest BCUT2D eigenvalue weighted by Gasteiger charge is -2.18. The molecule has 3 heterocycles. The summed E-state index contributed by atoms with van der Waals surface area (Å²) in [6.45, 7) is 10.2. The Morgan fingerprint density at radius 3 is 1.25 bits per heavy atom. The third-order valence-electron chi connectivity index (χ3n) is 14.0. The van der Waals surface area contributed by atoms with Crippen LogP contribution in [0.4, 0.5) is 40.3 Å². The highest BCUT2D eigenvalue weighted by molar-refractivity contribution is 7.93. The Morgan fingerprint density at radius 2 is 0.875 bits per heavy atom. The number of pyridine rings is 1. The molecule has 0 aliphatic heterocycles. The number of nitrogens with zero attached hydrogens (tertiary/aromatic N) is 5. The summed E-state index contributed by atoms with van der Waals surface area (Å²) in [5, 5.41) is 9.74. The van der Waals surface area contributed by atoms with Gasteiger partial charge in [-0.15, -0.1) is 0 Å². The Balaban J connectivity index is 0.000000271. The molecule has 6 N–H and O–H groups in total. The van der Waals surface area contributed by atoms with Crippen molar-refractivity contribution in [2.75, 3.05) is 20.1 Å². The first kappa shape index (κ1) is 72.6. The van der Waals surface area contributed by atoms with Gasteiger partial charge in [0.1, 0.15) is 29.1 Å². The van der Waals surface area contributed by atoms with Crippen LogP contribution in [0.15, 0.2) is 169 Å². The van der Waals surface area contributed by atoms with E-state index in [-0.39, 0.29) is 46.0 Å². The highest BCUT2D eigenvalue weighted by Crippen LogP contribution is 2.28. The lowest BCUT2D eigenvalue weighted by atomic mass is 9.90.